The molecule has 1 saturated heterocycles. The Bertz CT molecular complexity index is 691. The number of anilines is 2. The van der Waals surface area contributed by atoms with Crippen molar-refractivity contribution in [3.8, 4) is 0 Å². The molecule has 1 aliphatic rings. The number of benzene rings is 2. The van der Waals surface area contributed by atoms with Gasteiger partial charge in [-0.1, -0.05) is 30.3 Å². The quantitative estimate of drug-likeness (QED) is 0.679. The van der Waals surface area contributed by atoms with Gasteiger partial charge in [-0.25, -0.2) is 0 Å². The van der Waals surface area contributed by atoms with Crippen molar-refractivity contribution < 1.29 is 4.79 Å². The molecule has 0 radical (unpaired) electrons. The zero-order valence-electron chi connectivity index (χ0n) is 14.2. The maximum Gasteiger partial charge on any atom is 0.164 e. The van der Waals surface area contributed by atoms with E-state index in [-0.39, 0.29) is 5.78 Å². The minimum absolute atomic E-state index is 0.173. The first-order valence-corrected chi connectivity index (χ1v) is 8.55. The lowest BCUT2D eigenvalue weighted by molar-refractivity contribution is 0.0962. The predicted molar refractivity (Wildman–Crippen MR) is 99.6 cm³/mol. The monoisotopic (exact) mass is 323 g/mol. The van der Waals surface area contributed by atoms with Crippen molar-refractivity contribution in [1.29, 1.82) is 0 Å². The molecule has 24 heavy (non-hydrogen) atoms. The van der Waals surface area contributed by atoms with Crippen LogP contribution in [-0.2, 0) is 0 Å². The third-order valence-corrected chi connectivity index (χ3v) is 4.75. The highest BCUT2D eigenvalue weighted by Gasteiger charge is 2.18. The number of rotatable bonds is 5. The number of nitrogen functional groups attached to an aromatic ring is 1. The highest BCUT2D eigenvalue weighted by Crippen LogP contribution is 2.17. The summed E-state index contributed by atoms with van der Waals surface area (Å²) in [6, 6.07) is 16.1. The van der Waals surface area contributed by atoms with Crippen molar-refractivity contribution in [3.63, 3.8) is 0 Å². The number of carbonyl (C=O) groups excluding carboxylic acids is 1. The molecule has 0 atom stereocenters. The highest BCUT2D eigenvalue weighted by atomic mass is 16.1. The summed E-state index contributed by atoms with van der Waals surface area (Å²) in [7, 11) is 0. The molecule has 1 aliphatic heterocycles. The van der Waals surface area contributed by atoms with Gasteiger partial charge in [0, 0.05) is 56.1 Å². The summed E-state index contributed by atoms with van der Waals surface area (Å²) < 4.78 is 0. The van der Waals surface area contributed by atoms with Crippen LogP contribution in [0.3, 0.4) is 0 Å². The van der Waals surface area contributed by atoms with Crippen LogP contribution in [-0.4, -0.2) is 43.4 Å². The Morgan fingerprint density at radius 3 is 2.42 bits per heavy atom. The van der Waals surface area contributed by atoms with Gasteiger partial charge in [-0.15, -0.1) is 0 Å². The second-order valence-corrected chi connectivity index (χ2v) is 6.41. The van der Waals surface area contributed by atoms with Gasteiger partial charge in [0.05, 0.1) is 0 Å². The van der Waals surface area contributed by atoms with Crippen molar-refractivity contribution in [3.05, 3.63) is 59.7 Å². The Hall–Kier alpha value is -2.33. The van der Waals surface area contributed by atoms with Crippen LogP contribution in [0.4, 0.5) is 11.4 Å². The van der Waals surface area contributed by atoms with E-state index in [9.17, 15) is 4.79 Å². The van der Waals surface area contributed by atoms with Gasteiger partial charge in [0.1, 0.15) is 0 Å². The maximum absolute atomic E-state index is 12.3. The normalized spacial score (nSPS) is 15.5. The number of carbonyl (C=O) groups is 1. The molecule has 2 aromatic carbocycles. The summed E-state index contributed by atoms with van der Waals surface area (Å²) in [5, 5.41) is 0. The molecule has 0 aromatic heterocycles. The molecule has 2 N–H and O–H groups in total. The fourth-order valence-corrected chi connectivity index (χ4v) is 3.09. The van der Waals surface area contributed by atoms with E-state index in [4.69, 9.17) is 5.73 Å². The maximum atomic E-state index is 12.3. The van der Waals surface area contributed by atoms with Gasteiger partial charge in [0.15, 0.2) is 5.78 Å². The third kappa shape index (κ3) is 3.95. The first-order chi connectivity index (χ1) is 11.6. The van der Waals surface area contributed by atoms with Gasteiger partial charge in [0.25, 0.3) is 0 Å². The molecule has 126 valence electrons. The summed E-state index contributed by atoms with van der Waals surface area (Å²) in [6.45, 7) is 6.78. The average molecular weight is 323 g/mol. The Kier molecular flexibility index (Phi) is 5.16. The molecule has 1 fully saturated rings. The number of nitrogens with zero attached hydrogens (tertiary/aromatic N) is 2. The van der Waals surface area contributed by atoms with E-state index in [1.54, 1.807) is 6.07 Å². The molecule has 4 heteroatoms. The van der Waals surface area contributed by atoms with Crippen molar-refractivity contribution >= 4 is 17.2 Å². The largest absolute Gasteiger partial charge is 0.398 e. The predicted octanol–water partition coefficient (Wildman–Crippen LogP) is 2.97. The lowest BCUT2D eigenvalue weighted by Crippen LogP contribution is -2.46. The van der Waals surface area contributed by atoms with Gasteiger partial charge in [-0.2, -0.15) is 0 Å². The highest BCUT2D eigenvalue weighted by molar-refractivity contribution is 5.97. The van der Waals surface area contributed by atoms with E-state index in [2.05, 4.69) is 34.1 Å². The van der Waals surface area contributed by atoms with E-state index >= 15 is 0 Å². The molecule has 0 spiro atoms. The summed E-state index contributed by atoms with van der Waals surface area (Å²) in [4.78, 5) is 17.1. The second kappa shape index (κ2) is 7.49. The molecule has 0 bridgehead atoms. The number of ketones is 1. The lowest BCUT2D eigenvalue weighted by Gasteiger charge is -2.36. The van der Waals surface area contributed by atoms with Crippen LogP contribution < -0.4 is 10.6 Å². The van der Waals surface area contributed by atoms with Gasteiger partial charge in [0.2, 0.25) is 0 Å². The molecule has 0 saturated carbocycles. The van der Waals surface area contributed by atoms with Crippen LogP contribution in [0.5, 0.6) is 0 Å². The van der Waals surface area contributed by atoms with Crippen molar-refractivity contribution in [2.75, 3.05) is 43.4 Å². The number of nitrogens with two attached hydrogens (primary N) is 1. The number of para-hydroxylation sites is 1. The Morgan fingerprint density at radius 2 is 1.75 bits per heavy atom. The molecule has 0 amide bonds. The second-order valence-electron chi connectivity index (χ2n) is 6.41. The van der Waals surface area contributed by atoms with Crippen LogP contribution in [0.1, 0.15) is 22.3 Å². The zero-order valence-corrected chi connectivity index (χ0v) is 14.2. The number of piperazine rings is 1. The summed E-state index contributed by atoms with van der Waals surface area (Å²) in [6.07, 6.45) is 0.549. The Balaban J connectivity index is 1.48. The van der Waals surface area contributed by atoms with Gasteiger partial charge >= 0.3 is 0 Å². The molecule has 0 aliphatic carbocycles. The third-order valence-electron chi connectivity index (χ3n) is 4.75. The van der Waals surface area contributed by atoms with Gasteiger partial charge in [-0.05, 0) is 30.7 Å². The van der Waals surface area contributed by atoms with Crippen molar-refractivity contribution in [1.82, 2.24) is 4.90 Å². The van der Waals surface area contributed by atoms with Crippen LogP contribution in [0, 0.1) is 6.92 Å². The smallest absolute Gasteiger partial charge is 0.164 e. The SMILES string of the molecule is Cc1ccc(C(=O)CCN2CCN(c3ccccc3)CC2)cc1N. The Labute approximate surface area is 143 Å². The fraction of sp³-hybridized carbons (Fsp3) is 0.350. The van der Waals surface area contributed by atoms with E-state index in [1.165, 1.54) is 5.69 Å². The number of Topliss-reactive ketones (excluding diaryl/α,β-unsaturated/α-hetero) is 1. The molecular formula is C20H25N3O. The molecule has 1 heterocycles. The van der Waals surface area contributed by atoms with E-state index in [0.717, 1.165) is 43.9 Å². The molecule has 0 unspecified atom stereocenters. The van der Waals surface area contributed by atoms with Crippen molar-refractivity contribution in [2.45, 2.75) is 13.3 Å². The molecule has 2 aromatic rings. The number of aryl methyl sites for hydroxylation is 1. The van der Waals surface area contributed by atoms with Crippen LogP contribution in [0.2, 0.25) is 0 Å². The van der Waals surface area contributed by atoms with Crippen LogP contribution >= 0.6 is 0 Å². The standard InChI is InChI=1S/C20H25N3O/c1-16-7-8-17(15-19(16)21)20(24)9-10-22-11-13-23(14-12-22)18-5-3-2-4-6-18/h2-8,15H,9-14,21H2,1H3. The van der Waals surface area contributed by atoms with Gasteiger partial charge in [-0.3, -0.25) is 9.69 Å². The Morgan fingerprint density at radius 1 is 1.04 bits per heavy atom. The van der Waals surface area contributed by atoms with Crippen LogP contribution in [0.15, 0.2) is 48.5 Å². The van der Waals surface area contributed by atoms with E-state index in [0.29, 0.717) is 12.1 Å². The molecule has 4 nitrogen and oxygen atoms in total. The first kappa shape index (κ1) is 16.5. The lowest BCUT2D eigenvalue weighted by atomic mass is 10.0. The van der Waals surface area contributed by atoms with Gasteiger partial charge < -0.3 is 10.6 Å². The van der Waals surface area contributed by atoms with Crippen molar-refractivity contribution in [2.24, 2.45) is 0 Å². The fourth-order valence-electron chi connectivity index (χ4n) is 3.09. The topological polar surface area (TPSA) is 49.6 Å². The zero-order chi connectivity index (χ0) is 16.9. The minimum Gasteiger partial charge on any atom is -0.398 e. The minimum atomic E-state index is 0.173. The number of hydrogen-bond acceptors (Lipinski definition) is 4. The number of hydrogen-bond donors (Lipinski definition) is 1. The average Bonchev–Trinajstić information content (AvgIpc) is 2.63. The molecular weight excluding hydrogens is 298 g/mol. The van der Waals surface area contributed by atoms with E-state index in [1.807, 2.05) is 25.1 Å². The summed E-state index contributed by atoms with van der Waals surface area (Å²) in [5.74, 6) is 0.173. The molecule has 3 rings (SSSR count). The van der Waals surface area contributed by atoms with Crippen LogP contribution in [0.25, 0.3) is 0 Å². The summed E-state index contributed by atoms with van der Waals surface area (Å²) in [5.41, 5.74) is 9.61. The first-order valence-electron chi connectivity index (χ1n) is 8.55. The summed E-state index contributed by atoms with van der Waals surface area (Å²) >= 11 is 0. The van der Waals surface area contributed by atoms with E-state index < -0.39 is 0 Å².